The number of nitrogens with zero attached hydrogens (tertiary/aromatic N) is 3. The zero-order valence-electron chi connectivity index (χ0n) is 9.04. The second-order valence-corrected chi connectivity index (χ2v) is 3.60. The molecule has 4 heteroatoms. The van der Waals surface area contributed by atoms with Crippen molar-refractivity contribution in [1.29, 1.82) is 0 Å². The molecule has 82 valence electrons. The van der Waals surface area contributed by atoms with Gasteiger partial charge in [-0.15, -0.1) is 0 Å². The summed E-state index contributed by atoms with van der Waals surface area (Å²) in [5, 5.41) is 6.77. The summed E-state index contributed by atoms with van der Waals surface area (Å²) in [6.07, 6.45) is 7.17. The van der Waals surface area contributed by atoms with Gasteiger partial charge >= 0.3 is 0 Å². The quantitative estimate of drug-likeness (QED) is 0.724. The van der Waals surface area contributed by atoms with E-state index in [1.54, 1.807) is 18.6 Å². The van der Waals surface area contributed by atoms with Gasteiger partial charge < -0.3 is 0 Å². The smallest absolute Gasteiger partial charge is 0.0965 e. The number of aromatic nitrogens is 4. The van der Waals surface area contributed by atoms with E-state index in [4.69, 9.17) is 0 Å². The summed E-state index contributed by atoms with van der Waals surface area (Å²) in [7, 11) is 0. The molecule has 0 aliphatic heterocycles. The van der Waals surface area contributed by atoms with E-state index in [-0.39, 0.29) is 0 Å². The normalized spacial score (nSPS) is 10.4. The molecule has 3 heterocycles. The molecule has 0 unspecified atom stereocenters. The van der Waals surface area contributed by atoms with Crippen LogP contribution in [0.3, 0.4) is 0 Å². The molecular formula is C13H10N4. The third-order valence-corrected chi connectivity index (χ3v) is 2.52. The van der Waals surface area contributed by atoms with Crippen LogP contribution in [-0.4, -0.2) is 20.2 Å². The van der Waals surface area contributed by atoms with Crippen LogP contribution < -0.4 is 0 Å². The third kappa shape index (κ3) is 1.80. The first kappa shape index (κ1) is 9.72. The lowest BCUT2D eigenvalue weighted by Gasteiger charge is -2.05. The Kier molecular flexibility index (Phi) is 2.38. The second-order valence-electron chi connectivity index (χ2n) is 3.60. The molecule has 0 amide bonds. The zero-order chi connectivity index (χ0) is 11.5. The van der Waals surface area contributed by atoms with Crippen molar-refractivity contribution in [3.8, 4) is 22.5 Å². The average Bonchev–Trinajstić information content (AvgIpc) is 2.94. The molecule has 0 aliphatic carbocycles. The lowest BCUT2D eigenvalue weighted by Crippen LogP contribution is -1.89. The Labute approximate surface area is 98.4 Å². The third-order valence-electron chi connectivity index (χ3n) is 2.52. The van der Waals surface area contributed by atoms with E-state index in [1.807, 2.05) is 36.5 Å². The van der Waals surface area contributed by atoms with Crippen molar-refractivity contribution in [3.63, 3.8) is 0 Å². The molecule has 3 aromatic heterocycles. The van der Waals surface area contributed by atoms with E-state index in [0.717, 1.165) is 22.5 Å². The Hall–Kier alpha value is -2.49. The molecule has 0 fully saturated rings. The number of H-pyrrole nitrogens is 1. The van der Waals surface area contributed by atoms with Crippen LogP contribution in [0.25, 0.3) is 22.5 Å². The molecule has 0 aromatic carbocycles. The summed E-state index contributed by atoms with van der Waals surface area (Å²) in [5.41, 5.74) is 3.78. The first-order valence-electron chi connectivity index (χ1n) is 5.31. The fraction of sp³-hybridized carbons (Fsp3) is 0. The molecule has 17 heavy (non-hydrogen) atoms. The van der Waals surface area contributed by atoms with Gasteiger partial charge in [-0.2, -0.15) is 5.10 Å². The predicted octanol–water partition coefficient (Wildman–Crippen LogP) is 2.53. The van der Waals surface area contributed by atoms with Crippen molar-refractivity contribution in [2.24, 2.45) is 0 Å². The summed E-state index contributed by atoms with van der Waals surface area (Å²) in [4.78, 5) is 8.73. The van der Waals surface area contributed by atoms with E-state index in [0.29, 0.717) is 0 Å². The molecule has 0 saturated carbocycles. The molecule has 0 saturated heterocycles. The Balaban J connectivity index is 2.18. The van der Waals surface area contributed by atoms with Gasteiger partial charge in [-0.1, -0.05) is 12.1 Å². The Morgan fingerprint density at radius 3 is 2.65 bits per heavy atom. The van der Waals surface area contributed by atoms with Gasteiger partial charge in [-0.3, -0.25) is 15.1 Å². The van der Waals surface area contributed by atoms with Crippen LogP contribution in [0.1, 0.15) is 0 Å². The number of pyridine rings is 2. The Bertz CT molecular complexity index is 602. The number of rotatable bonds is 2. The highest BCUT2D eigenvalue weighted by atomic mass is 15.1. The largest absolute Gasteiger partial charge is 0.285 e. The maximum atomic E-state index is 4.40. The minimum Gasteiger partial charge on any atom is -0.285 e. The van der Waals surface area contributed by atoms with Crippen LogP contribution in [0.4, 0.5) is 0 Å². The molecule has 0 aliphatic rings. The van der Waals surface area contributed by atoms with Crippen LogP contribution in [0.2, 0.25) is 0 Å². The van der Waals surface area contributed by atoms with Gasteiger partial charge in [0, 0.05) is 29.7 Å². The van der Waals surface area contributed by atoms with E-state index in [1.165, 1.54) is 0 Å². The summed E-state index contributed by atoms with van der Waals surface area (Å²) >= 11 is 0. The fourth-order valence-electron chi connectivity index (χ4n) is 1.74. The van der Waals surface area contributed by atoms with E-state index in [2.05, 4.69) is 20.2 Å². The lowest BCUT2D eigenvalue weighted by atomic mass is 10.1. The highest BCUT2D eigenvalue weighted by Gasteiger charge is 2.09. The van der Waals surface area contributed by atoms with Crippen LogP contribution >= 0.6 is 0 Å². The molecule has 4 nitrogen and oxygen atoms in total. The van der Waals surface area contributed by atoms with Crippen LogP contribution in [0.15, 0.2) is 55.1 Å². The van der Waals surface area contributed by atoms with Crippen molar-refractivity contribution in [1.82, 2.24) is 20.2 Å². The monoisotopic (exact) mass is 222 g/mol. The van der Waals surface area contributed by atoms with Crippen LogP contribution in [-0.2, 0) is 0 Å². The van der Waals surface area contributed by atoms with Gasteiger partial charge in [0.05, 0.1) is 17.6 Å². The molecule has 0 bridgehead atoms. The lowest BCUT2D eigenvalue weighted by molar-refractivity contribution is 1.09. The number of hydrogen-bond donors (Lipinski definition) is 1. The number of nitrogens with one attached hydrogen (secondary N) is 1. The maximum Gasteiger partial charge on any atom is 0.0965 e. The van der Waals surface area contributed by atoms with Gasteiger partial charge in [-0.25, -0.2) is 0 Å². The standard InChI is InChI=1S/C13H10N4/c1-2-6-14-12(5-1)13-11(4-3-7-15-13)10-8-16-17-9-10/h1-9H,(H,16,17). The zero-order valence-corrected chi connectivity index (χ0v) is 9.04. The van der Waals surface area contributed by atoms with E-state index in [9.17, 15) is 0 Å². The highest BCUT2D eigenvalue weighted by molar-refractivity contribution is 5.78. The second kappa shape index (κ2) is 4.17. The number of hydrogen-bond acceptors (Lipinski definition) is 3. The van der Waals surface area contributed by atoms with Crippen LogP contribution in [0.5, 0.6) is 0 Å². The molecule has 0 atom stereocenters. The van der Waals surface area contributed by atoms with E-state index < -0.39 is 0 Å². The summed E-state index contributed by atoms with van der Waals surface area (Å²) < 4.78 is 0. The highest BCUT2D eigenvalue weighted by Crippen LogP contribution is 2.27. The molecule has 1 N–H and O–H groups in total. The summed E-state index contributed by atoms with van der Waals surface area (Å²) in [5.74, 6) is 0. The first-order chi connectivity index (χ1) is 8.45. The minimum atomic E-state index is 0.865. The van der Waals surface area contributed by atoms with Crippen molar-refractivity contribution in [2.45, 2.75) is 0 Å². The van der Waals surface area contributed by atoms with Crippen LogP contribution in [0, 0.1) is 0 Å². The van der Waals surface area contributed by atoms with Crippen molar-refractivity contribution in [3.05, 3.63) is 55.1 Å². The van der Waals surface area contributed by atoms with E-state index >= 15 is 0 Å². The van der Waals surface area contributed by atoms with Gasteiger partial charge in [0.25, 0.3) is 0 Å². The molecule has 0 spiro atoms. The van der Waals surface area contributed by atoms with Gasteiger partial charge in [-0.05, 0) is 18.2 Å². The predicted molar refractivity (Wildman–Crippen MR) is 65.0 cm³/mol. The Morgan fingerprint density at radius 1 is 0.941 bits per heavy atom. The first-order valence-corrected chi connectivity index (χ1v) is 5.31. The van der Waals surface area contributed by atoms with Gasteiger partial charge in [0.2, 0.25) is 0 Å². The summed E-state index contributed by atoms with van der Waals surface area (Å²) in [6, 6.07) is 9.72. The average molecular weight is 222 g/mol. The Morgan fingerprint density at radius 2 is 1.88 bits per heavy atom. The fourth-order valence-corrected chi connectivity index (χ4v) is 1.74. The van der Waals surface area contributed by atoms with Gasteiger partial charge in [0.1, 0.15) is 0 Å². The van der Waals surface area contributed by atoms with Crippen molar-refractivity contribution in [2.75, 3.05) is 0 Å². The SMILES string of the molecule is c1ccc(-c2ncccc2-c2cn[nH]c2)nc1. The molecule has 0 radical (unpaired) electrons. The molecule has 3 aromatic rings. The van der Waals surface area contributed by atoms with Gasteiger partial charge in [0.15, 0.2) is 0 Å². The topological polar surface area (TPSA) is 54.5 Å². The van der Waals surface area contributed by atoms with Crippen molar-refractivity contribution < 1.29 is 0 Å². The minimum absolute atomic E-state index is 0.865. The van der Waals surface area contributed by atoms with Crippen molar-refractivity contribution >= 4 is 0 Å². The molecule has 3 rings (SSSR count). The maximum absolute atomic E-state index is 4.40. The summed E-state index contributed by atoms with van der Waals surface area (Å²) in [6.45, 7) is 0. The molecular weight excluding hydrogens is 212 g/mol. The number of aromatic amines is 1.